The van der Waals surface area contributed by atoms with Crippen molar-refractivity contribution in [2.75, 3.05) is 10.6 Å². The zero-order valence-corrected chi connectivity index (χ0v) is 19.2. The maximum absolute atomic E-state index is 14.9. The van der Waals surface area contributed by atoms with Gasteiger partial charge in [0.15, 0.2) is 0 Å². The molecule has 1 fully saturated rings. The van der Waals surface area contributed by atoms with E-state index in [4.69, 9.17) is 23.2 Å². The third kappa shape index (κ3) is 5.72. The van der Waals surface area contributed by atoms with E-state index in [1.807, 2.05) is 12.1 Å². The van der Waals surface area contributed by atoms with E-state index in [0.29, 0.717) is 28.1 Å². The predicted molar refractivity (Wildman–Crippen MR) is 127 cm³/mol. The maximum Gasteiger partial charge on any atom is 0.224 e. The Kier molecular flexibility index (Phi) is 7.39. The van der Waals surface area contributed by atoms with Crippen LogP contribution < -0.4 is 10.6 Å². The van der Waals surface area contributed by atoms with Gasteiger partial charge in [-0.3, -0.25) is 4.79 Å². The smallest absolute Gasteiger partial charge is 0.224 e. The molecule has 0 saturated heterocycles. The van der Waals surface area contributed by atoms with Gasteiger partial charge in [0.1, 0.15) is 5.82 Å². The fraction of sp³-hybridized carbons (Fsp3) is 0.480. The summed E-state index contributed by atoms with van der Waals surface area (Å²) in [5.41, 5.74) is 3.16. The van der Waals surface area contributed by atoms with Crippen LogP contribution in [-0.4, -0.2) is 5.91 Å². The molecular weight excluding hydrogens is 434 g/mol. The fourth-order valence-electron chi connectivity index (χ4n) is 4.88. The summed E-state index contributed by atoms with van der Waals surface area (Å²) in [6.07, 6.45) is 10.4. The zero-order chi connectivity index (χ0) is 21.8. The van der Waals surface area contributed by atoms with Gasteiger partial charge in [0.2, 0.25) is 5.91 Å². The lowest BCUT2D eigenvalue weighted by Crippen LogP contribution is -2.20. The summed E-state index contributed by atoms with van der Waals surface area (Å²) < 4.78 is 14.9. The van der Waals surface area contributed by atoms with Crippen molar-refractivity contribution >= 4 is 40.5 Å². The fourth-order valence-corrected chi connectivity index (χ4v) is 5.18. The van der Waals surface area contributed by atoms with E-state index in [1.54, 1.807) is 18.2 Å². The van der Waals surface area contributed by atoms with E-state index in [9.17, 15) is 9.18 Å². The number of benzene rings is 2. The maximum atomic E-state index is 14.9. The van der Waals surface area contributed by atoms with Crippen molar-refractivity contribution in [1.82, 2.24) is 0 Å². The molecule has 0 heterocycles. The second kappa shape index (κ2) is 10.2. The van der Waals surface area contributed by atoms with Gasteiger partial charge in [-0.05, 0) is 73.1 Å². The van der Waals surface area contributed by atoms with Gasteiger partial charge in [0.05, 0.1) is 21.8 Å². The van der Waals surface area contributed by atoms with Crippen LogP contribution in [0, 0.1) is 11.7 Å². The summed E-state index contributed by atoms with van der Waals surface area (Å²) in [6.45, 7) is 0. The summed E-state index contributed by atoms with van der Waals surface area (Å²) >= 11 is 12.1. The van der Waals surface area contributed by atoms with Crippen LogP contribution in [0.2, 0.25) is 10.0 Å². The molecule has 2 aromatic rings. The molecule has 1 unspecified atom stereocenters. The molecule has 31 heavy (non-hydrogen) atoms. The number of rotatable bonds is 6. The van der Waals surface area contributed by atoms with Crippen LogP contribution in [0.3, 0.4) is 0 Å². The van der Waals surface area contributed by atoms with Crippen molar-refractivity contribution in [2.45, 2.75) is 70.3 Å². The molecular formula is C25H29Cl2FN2O. The van der Waals surface area contributed by atoms with Gasteiger partial charge in [0, 0.05) is 12.1 Å². The van der Waals surface area contributed by atoms with Crippen molar-refractivity contribution in [3.8, 4) is 0 Å². The van der Waals surface area contributed by atoms with Crippen LogP contribution in [0.4, 0.5) is 15.8 Å². The topological polar surface area (TPSA) is 41.1 Å². The minimum absolute atomic E-state index is 0.00783. The molecule has 0 radical (unpaired) electrons. The van der Waals surface area contributed by atoms with Gasteiger partial charge in [-0.15, -0.1) is 0 Å². The summed E-state index contributed by atoms with van der Waals surface area (Å²) in [5.74, 6) is 0.166. The van der Waals surface area contributed by atoms with Gasteiger partial charge < -0.3 is 10.6 Å². The highest BCUT2D eigenvalue weighted by Crippen LogP contribution is 2.36. The van der Waals surface area contributed by atoms with Crippen LogP contribution in [0.25, 0.3) is 0 Å². The summed E-state index contributed by atoms with van der Waals surface area (Å²) in [4.78, 5) is 12.4. The number of nitrogens with one attached hydrogen (secondary N) is 2. The normalized spacial score (nSPS) is 19.0. The Morgan fingerprint density at radius 3 is 2.58 bits per heavy atom. The average molecular weight is 463 g/mol. The first-order valence-corrected chi connectivity index (χ1v) is 12.1. The van der Waals surface area contributed by atoms with Crippen LogP contribution in [-0.2, 0) is 11.2 Å². The predicted octanol–water partition coefficient (Wildman–Crippen LogP) is 7.92. The number of carbonyl (C=O) groups excluding carboxylic acids is 1. The van der Waals surface area contributed by atoms with E-state index in [0.717, 1.165) is 42.5 Å². The number of aryl methyl sites for hydroxylation is 1. The lowest BCUT2D eigenvalue weighted by molar-refractivity contribution is -0.116. The van der Waals surface area contributed by atoms with Crippen molar-refractivity contribution < 1.29 is 9.18 Å². The molecule has 2 aliphatic carbocycles. The minimum Gasteiger partial charge on any atom is -0.378 e. The summed E-state index contributed by atoms with van der Waals surface area (Å²) in [6, 6.07) is 8.79. The molecule has 2 N–H and O–H groups in total. The van der Waals surface area contributed by atoms with Gasteiger partial charge in [-0.1, -0.05) is 55.3 Å². The lowest BCUT2D eigenvalue weighted by Gasteiger charge is -2.28. The van der Waals surface area contributed by atoms with E-state index in [1.165, 1.54) is 32.1 Å². The Bertz CT molecular complexity index is 943. The van der Waals surface area contributed by atoms with E-state index < -0.39 is 0 Å². The summed E-state index contributed by atoms with van der Waals surface area (Å²) in [7, 11) is 0. The van der Waals surface area contributed by atoms with Gasteiger partial charge in [-0.2, -0.15) is 0 Å². The number of hydrogen-bond donors (Lipinski definition) is 2. The molecule has 1 saturated carbocycles. The number of fused-ring (bicyclic) bond motifs is 1. The Morgan fingerprint density at radius 1 is 1.00 bits per heavy atom. The van der Waals surface area contributed by atoms with Gasteiger partial charge >= 0.3 is 0 Å². The highest BCUT2D eigenvalue weighted by Gasteiger charge is 2.23. The van der Waals surface area contributed by atoms with E-state index >= 15 is 0 Å². The van der Waals surface area contributed by atoms with Crippen molar-refractivity contribution in [2.24, 2.45) is 5.92 Å². The Balaban J connectivity index is 1.42. The first-order valence-electron chi connectivity index (χ1n) is 11.3. The number of hydrogen-bond acceptors (Lipinski definition) is 2. The van der Waals surface area contributed by atoms with Crippen LogP contribution in [0.1, 0.15) is 75.0 Å². The second-order valence-electron chi connectivity index (χ2n) is 8.84. The van der Waals surface area contributed by atoms with E-state index in [-0.39, 0.29) is 17.8 Å². The highest BCUT2D eigenvalue weighted by molar-refractivity contribution is 6.42. The molecule has 0 aliphatic heterocycles. The van der Waals surface area contributed by atoms with Gasteiger partial charge in [-0.25, -0.2) is 4.39 Å². The SMILES string of the molecule is O=C(CCC1CCCCC1)Nc1cc2c(cc1F)C(Nc1ccc(Cl)c(Cl)c1)CCC2. The summed E-state index contributed by atoms with van der Waals surface area (Å²) in [5, 5.41) is 7.26. The molecule has 0 spiro atoms. The molecule has 6 heteroatoms. The van der Waals surface area contributed by atoms with Crippen molar-refractivity contribution in [3.63, 3.8) is 0 Å². The zero-order valence-electron chi connectivity index (χ0n) is 17.7. The molecule has 2 aromatic carbocycles. The highest BCUT2D eigenvalue weighted by atomic mass is 35.5. The van der Waals surface area contributed by atoms with Crippen LogP contribution in [0.5, 0.6) is 0 Å². The quantitative estimate of drug-likeness (QED) is 0.457. The molecule has 2 aliphatic rings. The largest absolute Gasteiger partial charge is 0.378 e. The second-order valence-corrected chi connectivity index (χ2v) is 9.65. The third-order valence-electron chi connectivity index (χ3n) is 6.58. The Hall–Kier alpha value is -1.78. The molecule has 4 rings (SSSR count). The molecule has 0 aromatic heterocycles. The molecule has 0 bridgehead atoms. The number of amides is 1. The number of anilines is 2. The average Bonchev–Trinajstić information content (AvgIpc) is 2.77. The van der Waals surface area contributed by atoms with Gasteiger partial charge in [0.25, 0.3) is 0 Å². The molecule has 166 valence electrons. The van der Waals surface area contributed by atoms with E-state index in [2.05, 4.69) is 10.6 Å². The van der Waals surface area contributed by atoms with Crippen molar-refractivity contribution in [3.05, 3.63) is 57.3 Å². The Labute approximate surface area is 193 Å². The molecule has 1 amide bonds. The first-order chi connectivity index (χ1) is 15.0. The van der Waals surface area contributed by atoms with Crippen LogP contribution >= 0.6 is 23.2 Å². The molecule has 3 nitrogen and oxygen atoms in total. The minimum atomic E-state index is -0.382. The monoisotopic (exact) mass is 462 g/mol. The Morgan fingerprint density at radius 2 is 1.81 bits per heavy atom. The van der Waals surface area contributed by atoms with Crippen LogP contribution in [0.15, 0.2) is 30.3 Å². The first kappa shape index (κ1) is 22.4. The number of halogens is 3. The third-order valence-corrected chi connectivity index (χ3v) is 7.32. The lowest BCUT2D eigenvalue weighted by atomic mass is 9.86. The van der Waals surface area contributed by atoms with Crippen molar-refractivity contribution in [1.29, 1.82) is 0 Å². The number of carbonyl (C=O) groups is 1. The molecule has 1 atom stereocenters. The standard InChI is InChI=1S/C25H29Cl2FN2O/c26-20-11-10-18(14-21(20)27)29-23-8-4-7-17-13-24(22(28)15-19(17)23)30-25(31)12-9-16-5-2-1-3-6-16/h10-11,13-16,23,29H,1-9,12H2,(H,30,31).